The van der Waals surface area contributed by atoms with E-state index in [1.807, 2.05) is 0 Å². The van der Waals surface area contributed by atoms with Crippen LogP contribution in [0.2, 0.25) is 0 Å². The summed E-state index contributed by atoms with van der Waals surface area (Å²) in [7, 11) is 0. The second-order valence-corrected chi connectivity index (χ2v) is 4.42. The molecular formula is C16H11F4NO. The molecular weight excluding hydrogens is 298 g/mol. The molecule has 6 heteroatoms. The van der Waals surface area contributed by atoms with E-state index in [0.29, 0.717) is 12.0 Å². The Labute approximate surface area is 124 Å². The summed E-state index contributed by atoms with van der Waals surface area (Å²) < 4.78 is 53.1. The third-order valence-electron chi connectivity index (χ3n) is 2.94. The Balaban J connectivity index is 2.46. The maximum atomic E-state index is 13.5. The van der Waals surface area contributed by atoms with Crippen LogP contribution in [-0.4, -0.2) is 11.3 Å². The number of para-hydroxylation sites is 1. The van der Waals surface area contributed by atoms with Crippen molar-refractivity contribution in [1.82, 2.24) is 0 Å². The van der Waals surface area contributed by atoms with Gasteiger partial charge in [-0.3, -0.25) is 0 Å². The Morgan fingerprint density at radius 1 is 1.09 bits per heavy atom. The molecule has 0 atom stereocenters. The first-order valence-corrected chi connectivity index (χ1v) is 6.24. The van der Waals surface area contributed by atoms with E-state index < -0.39 is 29.0 Å². The fourth-order valence-electron chi connectivity index (χ4n) is 1.84. The summed E-state index contributed by atoms with van der Waals surface area (Å²) >= 11 is 0. The fraction of sp³-hybridized carbons (Fsp3) is 0.0625. The van der Waals surface area contributed by atoms with Crippen molar-refractivity contribution in [2.75, 3.05) is 0 Å². The highest BCUT2D eigenvalue weighted by atomic mass is 19.2. The summed E-state index contributed by atoms with van der Waals surface area (Å²) in [6.07, 6.45) is 2.88. The van der Waals surface area contributed by atoms with Crippen LogP contribution in [0.3, 0.4) is 0 Å². The second-order valence-electron chi connectivity index (χ2n) is 4.42. The molecule has 0 aliphatic carbocycles. The molecule has 0 amide bonds. The van der Waals surface area contributed by atoms with Crippen molar-refractivity contribution in [3.05, 3.63) is 71.3 Å². The third-order valence-corrected chi connectivity index (χ3v) is 2.94. The van der Waals surface area contributed by atoms with Gasteiger partial charge < -0.3 is 5.11 Å². The number of nitrogens with zero attached hydrogens (tertiary/aromatic N) is 1. The first-order valence-electron chi connectivity index (χ1n) is 6.24. The van der Waals surface area contributed by atoms with E-state index in [-0.39, 0.29) is 17.4 Å². The summed E-state index contributed by atoms with van der Waals surface area (Å²) in [5.74, 6) is -6.44. The molecule has 2 aromatic rings. The van der Waals surface area contributed by atoms with Crippen LogP contribution in [0, 0.1) is 23.3 Å². The van der Waals surface area contributed by atoms with Gasteiger partial charge in [0.15, 0.2) is 23.3 Å². The van der Waals surface area contributed by atoms with Gasteiger partial charge in [-0.25, -0.2) is 22.6 Å². The molecule has 0 aromatic heterocycles. The van der Waals surface area contributed by atoms with Crippen molar-refractivity contribution in [3.63, 3.8) is 0 Å². The number of halogens is 4. The third kappa shape index (κ3) is 3.00. The van der Waals surface area contributed by atoms with Crippen molar-refractivity contribution in [2.24, 2.45) is 4.99 Å². The predicted octanol–water partition coefficient (Wildman–Crippen LogP) is 4.43. The summed E-state index contributed by atoms with van der Waals surface area (Å²) in [6, 6.07) is 4.78. The standard InChI is InChI=1S/C16H11F4NO/c1-2-4-9-5-3-6-10(16(9)22)8-21-15-13(19)11(17)7-12(18)14(15)20/h2-3,5-8,22H,1,4H2. The number of aromatic hydroxyl groups is 1. The van der Waals surface area contributed by atoms with E-state index in [1.165, 1.54) is 6.07 Å². The summed E-state index contributed by atoms with van der Waals surface area (Å²) in [6.45, 7) is 3.54. The van der Waals surface area contributed by atoms with Crippen molar-refractivity contribution < 1.29 is 22.7 Å². The largest absolute Gasteiger partial charge is 0.507 e. The molecule has 0 bridgehead atoms. The Kier molecular flexibility index (Phi) is 4.60. The average molecular weight is 309 g/mol. The molecule has 0 aliphatic rings. The molecule has 114 valence electrons. The second kappa shape index (κ2) is 6.43. The topological polar surface area (TPSA) is 32.6 Å². The van der Waals surface area contributed by atoms with Crippen LogP contribution in [0.15, 0.2) is 41.9 Å². The van der Waals surface area contributed by atoms with Crippen LogP contribution in [0.1, 0.15) is 11.1 Å². The van der Waals surface area contributed by atoms with E-state index in [9.17, 15) is 22.7 Å². The minimum Gasteiger partial charge on any atom is -0.507 e. The van der Waals surface area contributed by atoms with Crippen LogP contribution in [0.4, 0.5) is 23.2 Å². The van der Waals surface area contributed by atoms with Gasteiger partial charge in [0.25, 0.3) is 0 Å². The minimum absolute atomic E-state index is 0.103. The number of hydrogen-bond donors (Lipinski definition) is 1. The van der Waals surface area contributed by atoms with Gasteiger partial charge in [-0.2, -0.15) is 0 Å². The van der Waals surface area contributed by atoms with Gasteiger partial charge in [-0.1, -0.05) is 18.2 Å². The quantitative estimate of drug-likeness (QED) is 0.385. The van der Waals surface area contributed by atoms with Gasteiger partial charge in [0.1, 0.15) is 11.4 Å². The van der Waals surface area contributed by atoms with E-state index in [0.717, 1.165) is 6.21 Å². The van der Waals surface area contributed by atoms with Gasteiger partial charge >= 0.3 is 0 Å². The SMILES string of the molecule is C=CCc1cccc(C=Nc2c(F)c(F)cc(F)c2F)c1O. The van der Waals surface area contributed by atoms with E-state index >= 15 is 0 Å². The molecule has 0 unspecified atom stereocenters. The van der Waals surface area contributed by atoms with Crippen LogP contribution in [0.25, 0.3) is 0 Å². The number of allylic oxidation sites excluding steroid dienone is 1. The molecule has 0 saturated heterocycles. The highest BCUT2D eigenvalue weighted by molar-refractivity contribution is 5.86. The van der Waals surface area contributed by atoms with Crippen molar-refractivity contribution >= 4 is 11.9 Å². The highest BCUT2D eigenvalue weighted by Gasteiger charge is 2.18. The van der Waals surface area contributed by atoms with Gasteiger partial charge in [-0.05, 0) is 18.1 Å². The zero-order valence-corrected chi connectivity index (χ0v) is 11.3. The first kappa shape index (κ1) is 15.8. The molecule has 0 aliphatic heterocycles. The molecule has 0 fully saturated rings. The highest BCUT2D eigenvalue weighted by Crippen LogP contribution is 2.28. The van der Waals surface area contributed by atoms with E-state index in [1.54, 1.807) is 18.2 Å². The van der Waals surface area contributed by atoms with E-state index in [4.69, 9.17) is 0 Å². The molecule has 1 N–H and O–H groups in total. The maximum Gasteiger partial charge on any atom is 0.187 e. The maximum absolute atomic E-state index is 13.5. The predicted molar refractivity (Wildman–Crippen MR) is 75.5 cm³/mol. The first-order chi connectivity index (χ1) is 10.5. The van der Waals surface area contributed by atoms with Gasteiger partial charge in [-0.15, -0.1) is 6.58 Å². The number of rotatable bonds is 4. The summed E-state index contributed by atoms with van der Waals surface area (Å²) in [5, 5.41) is 9.97. The van der Waals surface area contributed by atoms with Crippen LogP contribution in [-0.2, 0) is 6.42 Å². The Hall–Kier alpha value is -2.63. The molecule has 2 nitrogen and oxygen atoms in total. The molecule has 2 aromatic carbocycles. The number of aliphatic imine (C=N–C) groups is 1. The van der Waals surface area contributed by atoms with E-state index in [2.05, 4.69) is 11.6 Å². The normalized spacial score (nSPS) is 11.1. The summed E-state index contributed by atoms with van der Waals surface area (Å²) in [4.78, 5) is 3.42. The number of benzene rings is 2. The van der Waals surface area contributed by atoms with Crippen LogP contribution < -0.4 is 0 Å². The average Bonchev–Trinajstić information content (AvgIpc) is 2.49. The molecule has 22 heavy (non-hydrogen) atoms. The minimum atomic E-state index is -1.60. The Morgan fingerprint density at radius 2 is 1.73 bits per heavy atom. The van der Waals surface area contributed by atoms with Gasteiger partial charge in [0.2, 0.25) is 0 Å². The lowest BCUT2D eigenvalue weighted by Gasteiger charge is -2.05. The lowest BCUT2D eigenvalue weighted by Crippen LogP contribution is -1.95. The fourth-order valence-corrected chi connectivity index (χ4v) is 1.84. The Morgan fingerprint density at radius 3 is 2.32 bits per heavy atom. The summed E-state index contributed by atoms with van der Waals surface area (Å²) in [5.41, 5.74) is -0.404. The number of phenols is 1. The molecule has 0 radical (unpaired) electrons. The van der Waals surface area contributed by atoms with Crippen molar-refractivity contribution in [3.8, 4) is 5.75 Å². The zero-order chi connectivity index (χ0) is 16.3. The van der Waals surface area contributed by atoms with Crippen molar-refractivity contribution in [1.29, 1.82) is 0 Å². The number of hydrogen-bond acceptors (Lipinski definition) is 2. The molecule has 2 rings (SSSR count). The molecule has 0 heterocycles. The number of phenolic OH excluding ortho intramolecular Hbond substituents is 1. The van der Waals surface area contributed by atoms with Gasteiger partial charge in [0.05, 0.1) is 0 Å². The molecule has 0 spiro atoms. The lowest BCUT2D eigenvalue weighted by atomic mass is 10.1. The smallest absolute Gasteiger partial charge is 0.187 e. The zero-order valence-electron chi connectivity index (χ0n) is 11.3. The van der Waals surface area contributed by atoms with Crippen LogP contribution >= 0.6 is 0 Å². The lowest BCUT2D eigenvalue weighted by molar-refractivity contribution is 0.457. The van der Waals surface area contributed by atoms with Gasteiger partial charge in [0, 0.05) is 17.8 Å². The monoisotopic (exact) mass is 309 g/mol. The Bertz CT molecular complexity index is 730. The molecule has 0 saturated carbocycles. The van der Waals surface area contributed by atoms with Crippen molar-refractivity contribution in [2.45, 2.75) is 6.42 Å². The van der Waals surface area contributed by atoms with Crippen LogP contribution in [0.5, 0.6) is 5.75 Å².